The van der Waals surface area contributed by atoms with Gasteiger partial charge in [-0.15, -0.1) is 0 Å². The molecular formula is C34H60NO12P. The van der Waals surface area contributed by atoms with Gasteiger partial charge in [-0.25, -0.2) is 4.57 Å². The summed E-state index contributed by atoms with van der Waals surface area (Å²) in [6.07, 6.45) is 21.0. The van der Waals surface area contributed by atoms with E-state index < -0.39 is 57.7 Å². The minimum Gasteiger partial charge on any atom is -0.480 e. The van der Waals surface area contributed by atoms with E-state index in [0.717, 1.165) is 38.2 Å². The van der Waals surface area contributed by atoms with Gasteiger partial charge in [-0.2, -0.15) is 0 Å². The summed E-state index contributed by atoms with van der Waals surface area (Å²) < 4.78 is 32.3. The van der Waals surface area contributed by atoms with Crippen molar-refractivity contribution in [2.24, 2.45) is 5.73 Å². The molecule has 0 aromatic carbocycles. The molecular weight excluding hydrogens is 645 g/mol. The molecule has 13 nitrogen and oxygen atoms in total. The summed E-state index contributed by atoms with van der Waals surface area (Å²) in [7, 11) is -4.75. The first kappa shape index (κ1) is 45.6. The van der Waals surface area contributed by atoms with Crippen LogP contribution < -0.4 is 5.73 Å². The molecule has 0 bridgehead atoms. The summed E-state index contributed by atoms with van der Waals surface area (Å²) in [5.74, 6) is -2.66. The predicted molar refractivity (Wildman–Crippen MR) is 181 cm³/mol. The fourth-order valence-corrected chi connectivity index (χ4v) is 5.47. The number of carbonyl (C=O) groups is 5. The van der Waals surface area contributed by atoms with Crippen LogP contribution in [0.3, 0.4) is 0 Å². The normalized spacial score (nSPS) is 13.9. The molecule has 0 saturated carbocycles. The van der Waals surface area contributed by atoms with E-state index in [1.165, 1.54) is 63.9 Å². The Bertz CT molecular complexity index is 974. The van der Waals surface area contributed by atoms with Crippen molar-refractivity contribution in [2.75, 3.05) is 19.8 Å². The number of ether oxygens (including phenoxy) is 2. The van der Waals surface area contributed by atoms with E-state index in [2.05, 4.69) is 11.4 Å². The minimum absolute atomic E-state index is 0.0468. The molecule has 0 aliphatic carbocycles. The molecule has 278 valence electrons. The van der Waals surface area contributed by atoms with Gasteiger partial charge in [0.1, 0.15) is 18.9 Å². The fourth-order valence-electron chi connectivity index (χ4n) is 4.70. The molecule has 14 heteroatoms. The van der Waals surface area contributed by atoms with Crippen LogP contribution in [0.15, 0.2) is 12.2 Å². The third kappa shape index (κ3) is 29.7. The highest BCUT2D eigenvalue weighted by Crippen LogP contribution is 2.43. The number of rotatable bonds is 34. The lowest BCUT2D eigenvalue weighted by molar-refractivity contribution is -0.161. The molecule has 0 fully saturated rings. The number of phosphoric ester groups is 1. The first-order valence-electron chi connectivity index (χ1n) is 17.6. The quantitative estimate of drug-likeness (QED) is 0.0214. The number of allylic oxidation sites excluding steroid dienone is 2. The number of esters is 2. The highest BCUT2D eigenvalue weighted by molar-refractivity contribution is 7.47. The molecule has 0 aromatic heterocycles. The van der Waals surface area contributed by atoms with Crippen LogP contribution >= 0.6 is 7.82 Å². The van der Waals surface area contributed by atoms with Crippen LogP contribution in [-0.4, -0.2) is 71.9 Å². The van der Waals surface area contributed by atoms with Gasteiger partial charge in [-0.1, -0.05) is 103 Å². The summed E-state index contributed by atoms with van der Waals surface area (Å²) in [5, 5.41) is 8.82. The van der Waals surface area contributed by atoms with Crippen molar-refractivity contribution in [3.8, 4) is 0 Å². The molecule has 0 heterocycles. The van der Waals surface area contributed by atoms with E-state index in [4.69, 9.17) is 24.8 Å². The second-order valence-corrected chi connectivity index (χ2v) is 13.5. The number of aldehydes is 1. The molecule has 0 saturated heterocycles. The average molecular weight is 706 g/mol. The molecule has 3 atom stereocenters. The van der Waals surface area contributed by atoms with E-state index >= 15 is 0 Å². The number of ketones is 1. The first-order valence-corrected chi connectivity index (χ1v) is 19.1. The highest BCUT2D eigenvalue weighted by atomic mass is 31.2. The van der Waals surface area contributed by atoms with Gasteiger partial charge in [0.05, 0.1) is 13.2 Å². The monoisotopic (exact) mass is 705 g/mol. The van der Waals surface area contributed by atoms with E-state index in [-0.39, 0.29) is 18.6 Å². The number of nitrogens with two attached hydrogens (primary N) is 1. The zero-order valence-electron chi connectivity index (χ0n) is 28.9. The van der Waals surface area contributed by atoms with Crippen molar-refractivity contribution >= 4 is 37.8 Å². The smallest absolute Gasteiger partial charge is 0.472 e. The van der Waals surface area contributed by atoms with Gasteiger partial charge >= 0.3 is 25.7 Å². The molecule has 0 amide bonds. The molecule has 4 N–H and O–H groups in total. The number of hydrogen-bond acceptors (Lipinski definition) is 11. The van der Waals surface area contributed by atoms with Gasteiger partial charge in [0, 0.05) is 19.3 Å². The van der Waals surface area contributed by atoms with Crippen molar-refractivity contribution in [3.05, 3.63) is 12.2 Å². The maximum atomic E-state index is 12.5. The lowest BCUT2D eigenvalue weighted by Crippen LogP contribution is -2.34. The Morgan fingerprint density at radius 2 is 1.15 bits per heavy atom. The van der Waals surface area contributed by atoms with Gasteiger partial charge in [-0.05, 0) is 31.4 Å². The predicted octanol–water partition coefficient (Wildman–Crippen LogP) is 6.52. The van der Waals surface area contributed by atoms with Crippen molar-refractivity contribution in [3.63, 3.8) is 0 Å². The van der Waals surface area contributed by atoms with E-state index in [1.54, 1.807) is 0 Å². The molecule has 0 aliphatic heterocycles. The van der Waals surface area contributed by atoms with Crippen LogP contribution in [-0.2, 0) is 47.1 Å². The summed E-state index contributed by atoms with van der Waals surface area (Å²) >= 11 is 0. The second kappa shape index (κ2) is 30.6. The SMILES string of the molecule is CCCCCCCCCCCCCCCC(=O)OC[C@H](COP(=O)(O)OC[C@H](N)C(=O)O)OC(=O)CCCCCCCC(=O)/C=C/C=O. The molecule has 0 aromatic rings. The first-order chi connectivity index (χ1) is 23.0. The molecule has 0 spiro atoms. The third-order valence-electron chi connectivity index (χ3n) is 7.54. The van der Waals surface area contributed by atoms with Crippen LogP contribution in [0.5, 0.6) is 0 Å². The van der Waals surface area contributed by atoms with E-state index in [9.17, 15) is 33.4 Å². The van der Waals surface area contributed by atoms with Crippen molar-refractivity contribution in [2.45, 2.75) is 154 Å². The summed E-state index contributed by atoms with van der Waals surface area (Å²) in [6, 6.07) is -1.55. The van der Waals surface area contributed by atoms with Gasteiger partial charge in [0.15, 0.2) is 11.9 Å². The zero-order valence-corrected chi connectivity index (χ0v) is 29.8. The largest absolute Gasteiger partial charge is 0.480 e. The van der Waals surface area contributed by atoms with E-state index in [0.29, 0.717) is 38.4 Å². The van der Waals surface area contributed by atoms with Crippen molar-refractivity contribution in [1.82, 2.24) is 0 Å². The van der Waals surface area contributed by atoms with Crippen LogP contribution in [0.4, 0.5) is 0 Å². The Labute approximate surface area is 286 Å². The zero-order chi connectivity index (χ0) is 35.9. The number of hydrogen-bond donors (Lipinski definition) is 3. The van der Waals surface area contributed by atoms with Crippen LogP contribution in [0.2, 0.25) is 0 Å². The Morgan fingerprint density at radius 1 is 0.688 bits per heavy atom. The number of carboxylic acids is 1. The summed E-state index contributed by atoms with van der Waals surface area (Å²) in [4.78, 5) is 67.3. The van der Waals surface area contributed by atoms with Gasteiger partial charge in [0.25, 0.3) is 0 Å². The topological polar surface area (TPSA) is 206 Å². The Kier molecular flexibility index (Phi) is 29.1. The molecule has 0 rings (SSSR count). The standard InChI is InChI=1S/C34H60NO12P/c1-2-3-4-5-6-7-8-9-10-11-12-15-18-23-32(38)44-26-30(27-45-48(42,43)46-28-31(35)34(40)41)47-33(39)24-19-16-13-14-17-21-29(37)22-20-25-36/h20,22,25,30-31H,2-19,21,23-24,26-28,35H2,1H3,(H,40,41)(H,42,43)/b22-20+/t30-,31+/m1/s1. The fraction of sp³-hybridized carbons (Fsp3) is 0.794. The highest BCUT2D eigenvalue weighted by Gasteiger charge is 2.28. The van der Waals surface area contributed by atoms with Crippen LogP contribution in [0, 0.1) is 0 Å². The van der Waals surface area contributed by atoms with Gasteiger partial charge in [-0.3, -0.25) is 33.0 Å². The molecule has 48 heavy (non-hydrogen) atoms. The maximum Gasteiger partial charge on any atom is 0.472 e. The average Bonchev–Trinajstić information content (AvgIpc) is 3.05. The number of unbranched alkanes of at least 4 members (excludes halogenated alkanes) is 16. The second-order valence-electron chi connectivity index (χ2n) is 12.0. The summed E-state index contributed by atoms with van der Waals surface area (Å²) in [6.45, 7) is 0.399. The van der Waals surface area contributed by atoms with Crippen molar-refractivity contribution in [1.29, 1.82) is 0 Å². The van der Waals surface area contributed by atoms with Crippen LogP contribution in [0.1, 0.15) is 142 Å². The lowest BCUT2D eigenvalue weighted by Gasteiger charge is -2.20. The maximum absolute atomic E-state index is 12.5. The minimum atomic E-state index is -4.75. The molecule has 0 radical (unpaired) electrons. The van der Waals surface area contributed by atoms with E-state index in [1.807, 2.05) is 0 Å². The number of aliphatic carboxylic acids is 1. The number of phosphoric acid groups is 1. The summed E-state index contributed by atoms with van der Waals surface area (Å²) in [5.41, 5.74) is 5.28. The Balaban J connectivity index is 4.49. The van der Waals surface area contributed by atoms with Gasteiger partial charge < -0.3 is 25.2 Å². The number of carbonyl (C=O) groups excluding carboxylic acids is 4. The van der Waals surface area contributed by atoms with Crippen molar-refractivity contribution < 1.29 is 57.1 Å². The molecule has 0 aliphatic rings. The lowest BCUT2D eigenvalue weighted by atomic mass is 10.0. The third-order valence-corrected chi connectivity index (χ3v) is 8.49. The van der Waals surface area contributed by atoms with Crippen LogP contribution in [0.25, 0.3) is 0 Å². The Morgan fingerprint density at radius 3 is 1.65 bits per heavy atom. The molecule has 1 unspecified atom stereocenters. The number of carboxylic acid groups (broad SMARTS) is 1. The Hall–Kier alpha value is -2.44. The van der Waals surface area contributed by atoms with Gasteiger partial charge in [0.2, 0.25) is 0 Å².